The summed E-state index contributed by atoms with van der Waals surface area (Å²) in [5.74, 6) is 0.662. The first-order valence-electron chi connectivity index (χ1n) is 5.80. The van der Waals surface area contributed by atoms with Crippen molar-refractivity contribution >= 4 is 12.2 Å². The minimum Gasteiger partial charge on any atom is -0.388 e. The number of aliphatic hydroxyl groups excluding tert-OH is 1. The molecule has 1 fully saturated rings. The van der Waals surface area contributed by atoms with Gasteiger partial charge in [-0.25, -0.2) is 0 Å². The molecule has 1 aromatic rings. The average molecular weight is 241 g/mol. The summed E-state index contributed by atoms with van der Waals surface area (Å²) < 4.78 is 2.62. The number of aliphatic hydroxyl groups is 1. The summed E-state index contributed by atoms with van der Waals surface area (Å²) in [6.07, 6.45) is 4.65. The van der Waals surface area contributed by atoms with Crippen molar-refractivity contribution in [2.45, 2.75) is 52.2 Å². The molecule has 1 aliphatic carbocycles. The molecule has 1 saturated carbocycles. The monoisotopic (exact) mass is 241 g/mol. The van der Waals surface area contributed by atoms with Gasteiger partial charge in [0.1, 0.15) is 6.61 Å². The molecule has 1 aromatic heterocycles. The maximum atomic E-state index is 9.22. The Morgan fingerprint density at radius 1 is 1.50 bits per heavy atom. The Bertz CT molecular complexity index is 411. The van der Waals surface area contributed by atoms with Crippen LogP contribution >= 0.6 is 12.2 Å². The summed E-state index contributed by atoms with van der Waals surface area (Å²) in [6.45, 7) is 4.57. The summed E-state index contributed by atoms with van der Waals surface area (Å²) in [5.41, 5.74) is 0.446. The molecule has 2 rings (SSSR count). The molecular weight excluding hydrogens is 222 g/mol. The lowest BCUT2D eigenvalue weighted by Gasteiger charge is -2.35. The maximum Gasteiger partial charge on any atom is 0.195 e. The summed E-state index contributed by atoms with van der Waals surface area (Å²) in [6, 6.07) is 0.404. The quantitative estimate of drug-likeness (QED) is 0.782. The van der Waals surface area contributed by atoms with Crippen LogP contribution in [0, 0.1) is 10.2 Å². The molecule has 1 aliphatic rings. The number of H-pyrrole nitrogens is 1. The first kappa shape index (κ1) is 11.8. The molecule has 2 N–H and O–H groups in total. The minimum absolute atomic E-state index is 0.0486. The lowest BCUT2D eigenvalue weighted by atomic mass is 9.75. The smallest absolute Gasteiger partial charge is 0.195 e. The van der Waals surface area contributed by atoms with E-state index in [1.807, 2.05) is 4.57 Å². The first-order valence-corrected chi connectivity index (χ1v) is 6.21. The van der Waals surface area contributed by atoms with Gasteiger partial charge >= 0.3 is 0 Å². The molecular formula is C11H19N3OS. The number of rotatable bonds is 2. The lowest BCUT2D eigenvalue weighted by molar-refractivity contribution is 0.183. The van der Waals surface area contributed by atoms with E-state index in [2.05, 4.69) is 24.0 Å². The second kappa shape index (κ2) is 4.30. The molecule has 16 heavy (non-hydrogen) atoms. The van der Waals surface area contributed by atoms with Crippen LogP contribution in [0.15, 0.2) is 0 Å². The highest BCUT2D eigenvalue weighted by Crippen LogP contribution is 2.40. The maximum absolute atomic E-state index is 9.22. The Labute approximate surface area is 101 Å². The number of aromatic nitrogens is 3. The van der Waals surface area contributed by atoms with Crippen molar-refractivity contribution in [3.63, 3.8) is 0 Å². The predicted molar refractivity (Wildman–Crippen MR) is 64.6 cm³/mol. The molecule has 0 aromatic carbocycles. The van der Waals surface area contributed by atoms with Crippen LogP contribution < -0.4 is 0 Å². The van der Waals surface area contributed by atoms with E-state index in [0.29, 0.717) is 22.1 Å². The molecule has 0 atom stereocenters. The number of nitrogens with one attached hydrogen (secondary N) is 1. The molecule has 0 bridgehead atoms. The fourth-order valence-corrected chi connectivity index (χ4v) is 2.77. The normalized spacial score (nSPS) is 21.2. The van der Waals surface area contributed by atoms with Gasteiger partial charge in [0.05, 0.1) is 0 Å². The lowest BCUT2D eigenvalue weighted by Crippen LogP contribution is -2.24. The van der Waals surface area contributed by atoms with Crippen molar-refractivity contribution in [1.82, 2.24) is 14.8 Å². The Kier molecular flexibility index (Phi) is 3.17. The zero-order valence-corrected chi connectivity index (χ0v) is 10.7. The molecule has 0 amide bonds. The number of hydrogen-bond donors (Lipinski definition) is 2. The fourth-order valence-electron chi connectivity index (χ4n) is 2.47. The standard InChI is InChI=1S/C11H19N3OS/c1-11(2)5-3-8(4-6-11)14-9(7-15)12-13-10(14)16/h8,15H,3-7H2,1-2H3,(H,13,16). The Morgan fingerprint density at radius 3 is 2.69 bits per heavy atom. The van der Waals surface area contributed by atoms with Crippen LogP contribution in [0.3, 0.4) is 0 Å². The van der Waals surface area contributed by atoms with E-state index in [-0.39, 0.29) is 6.61 Å². The summed E-state index contributed by atoms with van der Waals surface area (Å²) in [5, 5.41) is 16.0. The molecule has 4 nitrogen and oxygen atoms in total. The molecule has 0 radical (unpaired) electrons. The van der Waals surface area contributed by atoms with Crippen molar-refractivity contribution < 1.29 is 5.11 Å². The van der Waals surface area contributed by atoms with E-state index in [0.717, 1.165) is 12.8 Å². The first-order chi connectivity index (χ1) is 7.53. The van der Waals surface area contributed by atoms with Crippen LogP contribution in [-0.2, 0) is 6.61 Å². The summed E-state index contributed by atoms with van der Waals surface area (Å²) in [7, 11) is 0. The average Bonchev–Trinajstić information content (AvgIpc) is 2.60. The van der Waals surface area contributed by atoms with Gasteiger partial charge in [-0.1, -0.05) is 13.8 Å². The van der Waals surface area contributed by atoms with Gasteiger partial charge in [0.15, 0.2) is 10.6 Å². The van der Waals surface area contributed by atoms with E-state index >= 15 is 0 Å². The fraction of sp³-hybridized carbons (Fsp3) is 0.818. The number of hydrogen-bond acceptors (Lipinski definition) is 3. The molecule has 0 aliphatic heterocycles. The zero-order chi connectivity index (χ0) is 11.8. The van der Waals surface area contributed by atoms with E-state index in [1.54, 1.807) is 0 Å². The van der Waals surface area contributed by atoms with Gasteiger partial charge in [0.25, 0.3) is 0 Å². The van der Waals surface area contributed by atoms with Crippen LogP contribution in [0.25, 0.3) is 0 Å². The Balaban J connectivity index is 2.20. The van der Waals surface area contributed by atoms with Gasteiger partial charge in [-0.2, -0.15) is 5.10 Å². The van der Waals surface area contributed by atoms with Crippen LogP contribution in [0.1, 0.15) is 51.4 Å². The molecule has 1 heterocycles. The van der Waals surface area contributed by atoms with Crippen molar-refractivity contribution in [3.05, 3.63) is 10.6 Å². The number of aromatic amines is 1. The van der Waals surface area contributed by atoms with E-state index in [1.165, 1.54) is 12.8 Å². The topological polar surface area (TPSA) is 53.8 Å². The largest absolute Gasteiger partial charge is 0.388 e. The molecule has 0 spiro atoms. The van der Waals surface area contributed by atoms with Gasteiger partial charge < -0.3 is 5.11 Å². The van der Waals surface area contributed by atoms with E-state index in [4.69, 9.17) is 12.2 Å². The van der Waals surface area contributed by atoms with Gasteiger partial charge in [0.2, 0.25) is 0 Å². The zero-order valence-electron chi connectivity index (χ0n) is 9.86. The highest BCUT2D eigenvalue weighted by molar-refractivity contribution is 7.71. The summed E-state index contributed by atoms with van der Waals surface area (Å²) >= 11 is 5.21. The summed E-state index contributed by atoms with van der Waals surface area (Å²) in [4.78, 5) is 0. The highest BCUT2D eigenvalue weighted by Gasteiger charge is 2.29. The van der Waals surface area contributed by atoms with Crippen molar-refractivity contribution in [2.24, 2.45) is 5.41 Å². The second-order valence-corrected chi connectivity index (χ2v) is 5.76. The van der Waals surface area contributed by atoms with Gasteiger partial charge in [-0.3, -0.25) is 9.67 Å². The van der Waals surface area contributed by atoms with E-state index < -0.39 is 0 Å². The molecule has 90 valence electrons. The second-order valence-electron chi connectivity index (χ2n) is 5.37. The van der Waals surface area contributed by atoms with Gasteiger partial charge in [-0.15, -0.1) is 0 Å². The molecule has 0 unspecified atom stereocenters. The third kappa shape index (κ3) is 2.20. The van der Waals surface area contributed by atoms with Crippen LogP contribution in [0.4, 0.5) is 0 Å². The number of nitrogens with zero attached hydrogens (tertiary/aromatic N) is 2. The van der Waals surface area contributed by atoms with Crippen LogP contribution in [-0.4, -0.2) is 19.9 Å². The third-order valence-electron chi connectivity index (χ3n) is 3.59. The Morgan fingerprint density at radius 2 is 2.12 bits per heavy atom. The molecule has 5 heteroatoms. The predicted octanol–water partition coefficient (Wildman–Crippen LogP) is 2.57. The van der Waals surface area contributed by atoms with Crippen molar-refractivity contribution in [3.8, 4) is 0 Å². The van der Waals surface area contributed by atoms with Crippen LogP contribution in [0.5, 0.6) is 0 Å². The van der Waals surface area contributed by atoms with Gasteiger partial charge in [0, 0.05) is 6.04 Å². The SMILES string of the molecule is CC1(C)CCC(n2c(CO)n[nH]c2=S)CC1. The Hall–Kier alpha value is -0.680. The molecule has 0 saturated heterocycles. The van der Waals surface area contributed by atoms with E-state index in [9.17, 15) is 5.11 Å². The third-order valence-corrected chi connectivity index (χ3v) is 3.88. The van der Waals surface area contributed by atoms with Crippen molar-refractivity contribution in [2.75, 3.05) is 0 Å². The van der Waals surface area contributed by atoms with Crippen LogP contribution in [0.2, 0.25) is 0 Å². The van der Waals surface area contributed by atoms with Gasteiger partial charge in [-0.05, 0) is 43.3 Å². The minimum atomic E-state index is -0.0486. The highest BCUT2D eigenvalue weighted by atomic mass is 32.1. The van der Waals surface area contributed by atoms with Crippen molar-refractivity contribution in [1.29, 1.82) is 0 Å².